The molecule has 0 bridgehead atoms. The largest absolute Gasteiger partial charge is 0.392 e. The standard InChI is InChI=1S/C27H35NO2/c1-17(2)21-10-12-27(4)13-11-22-23(25(21)27)9-8-19(15-24(22)29)16-28-26(30)20-7-5-6-18(3)14-20/h5-9,14,17,22,24,29H,10-13,15-16H2,1-4H3,(H,28,30)/t22-,24+,27-/m1/s1. The fourth-order valence-electron chi connectivity index (χ4n) is 5.73. The van der Waals surface area contributed by atoms with Crippen molar-refractivity contribution < 1.29 is 9.90 Å². The van der Waals surface area contributed by atoms with Crippen LogP contribution in [-0.2, 0) is 0 Å². The van der Waals surface area contributed by atoms with Crippen molar-refractivity contribution in [3.8, 4) is 0 Å². The molecule has 2 N–H and O–H groups in total. The van der Waals surface area contributed by atoms with Gasteiger partial charge in [0.2, 0.25) is 0 Å². The van der Waals surface area contributed by atoms with E-state index in [1.54, 1.807) is 5.57 Å². The Morgan fingerprint density at radius 1 is 1.27 bits per heavy atom. The van der Waals surface area contributed by atoms with E-state index in [1.165, 1.54) is 24.0 Å². The van der Waals surface area contributed by atoms with E-state index in [9.17, 15) is 9.90 Å². The lowest BCUT2D eigenvalue weighted by atomic mass is 9.64. The lowest BCUT2D eigenvalue weighted by Gasteiger charge is -2.41. The Morgan fingerprint density at radius 3 is 2.80 bits per heavy atom. The SMILES string of the molecule is Cc1cccc(C(=O)NCC2=CC=C3C4=C(C(C)C)CC[C@]4(C)CC[C@H]3[C@@H](O)C2)c1. The number of benzene rings is 1. The molecular formula is C27H35NO2. The average molecular weight is 406 g/mol. The summed E-state index contributed by atoms with van der Waals surface area (Å²) < 4.78 is 0. The molecule has 3 atom stereocenters. The van der Waals surface area contributed by atoms with Gasteiger partial charge >= 0.3 is 0 Å². The van der Waals surface area contributed by atoms with E-state index in [4.69, 9.17) is 0 Å². The van der Waals surface area contributed by atoms with Crippen molar-refractivity contribution in [1.82, 2.24) is 5.32 Å². The van der Waals surface area contributed by atoms with Gasteiger partial charge in [-0.1, -0.05) is 56.2 Å². The molecule has 1 aromatic carbocycles. The molecule has 1 fully saturated rings. The second-order valence-corrected chi connectivity index (χ2v) is 10.0. The van der Waals surface area contributed by atoms with Crippen LogP contribution in [-0.4, -0.2) is 23.7 Å². The first-order chi connectivity index (χ1) is 14.3. The molecule has 3 heteroatoms. The molecule has 0 radical (unpaired) electrons. The minimum atomic E-state index is -0.382. The topological polar surface area (TPSA) is 49.3 Å². The zero-order valence-corrected chi connectivity index (χ0v) is 18.8. The molecule has 3 aliphatic carbocycles. The number of carbonyl (C=O) groups excluding carboxylic acids is 1. The van der Waals surface area contributed by atoms with Crippen molar-refractivity contribution >= 4 is 5.91 Å². The highest BCUT2D eigenvalue weighted by Crippen LogP contribution is 2.57. The summed E-state index contributed by atoms with van der Waals surface area (Å²) in [7, 11) is 0. The average Bonchev–Trinajstić information content (AvgIpc) is 2.98. The van der Waals surface area contributed by atoms with Gasteiger partial charge in [0, 0.05) is 18.0 Å². The normalized spacial score (nSPS) is 28.5. The molecule has 30 heavy (non-hydrogen) atoms. The summed E-state index contributed by atoms with van der Waals surface area (Å²) in [6.07, 6.45) is 9.30. The Morgan fingerprint density at radius 2 is 2.07 bits per heavy atom. The van der Waals surface area contributed by atoms with Crippen LogP contribution in [0.15, 0.2) is 58.7 Å². The van der Waals surface area contributed by atoms with Crippen molar-refractivity contribution in [1.29, 1.82) is 0 Å². The van der Waals surface area contributed by atoms with Crippen molar-refractivity contribution in [2.45, 2.75) is 65.9 Å². The number of rotatable bonds is 4. The van der Waals surface area contributed by atoms with E-state index in [2.05, 4.69) is 38.2 Å². The molecule has 1 amide bonds. The predicted molar refractivity (Wildman–Crippen MR) is 122 cm³/mol. The number of hydrogen-bond acceptors (Lipinski definition) is 2. The lowest BCUT2D eigenvalue weighted by Crippen LogP contribution is -2.34. The quantitative estimate of drug-likeness (QED) is 0.694. The summed E-state index contributed by atoms with van der Waals surface area (Å²) in [5.74, 6) is 0.705. The number of aliphatic hydroxyl groups is 1. The van der Waals surface area contributed by atoms with Gasteiger partial charge in [-0.15, -0.1) is 0 Å². The first kappa shape index (κ1) is 21.1. The van der Waals surface area contributed by atoms with E-state index in [-0.39, 0.29) is 23.3 Å². The first-order valence-corrected chi connectivity index (χ1v) is 11.4. The summed E-state index contributed by atoms with van der Waals surface area (Å²) in [6, 6.07) is 7.65. The van der Waals surface area contributed by atoms with Gasteiger partial charge in [-0.25, -0.2) is 0 Å². The number of amides is 1. The molecule has 0 aromatic heterocycles. The summed E-state index contributed by atoms with van der Waals surface area (Å²) >= 11 is 0. The molecule has 0 unspecified atom stereocenters. The number of fused-ring (bicyclic) bond motifs is 3. The van der Waals surface area contributed by atoms with Gasteiger partial charge in [0.15, 0.2) is 0 Å². The monoisotopic (exact) mass is 405 g/mol. The summed E-state index contributed by atoms with van der Waals surface area (Å²) in [5.41, 5.74) is 7.60. The van der Waals surface area contributed by atoms with Crippen LogP contribution in [0.25, 0.3) is 0 Å². The highest BCUT2D eigenvalue weighted by molar-refractivity contribution is 5.94. The number of aryl methyl sites for hydroxylation is 1. The number of hydrogen-bond donors (Lipinski definition) is 2. The molecule has 1 aromatic rings. The maximum absolute atomic E-state index is 12.5. The number of nitrogens with one attached hydrogen (secondary N) is 1. The molecule has 0 aliphatic heterocycles. The summed E-state index contributed by atoms with van der Waals surface area (Å²) in [6.45, 7) is 9.49. The van der Waals surface area contributed by atoms with Gasteiger partial charge < -0.3 is 10.4 Å². The van der Waals surface area contributed by atoms with Crippen LogP contribution in [0.1, 0.15) is 68.8 Å². The van der Waals surface area contributed by atoms with Crippen LogP contribution in [0, 0.1) is 24.2 Å². The Hall–Kier alpha value is -2.13. The third-order valence-electron chi connectivity index (χ3n) is 7.45. The van der Waals surface area contributed by atoms with E-state index >= 15 is 0 Å². The van der Waals surface area contributed by atoms with Crippen LogP contribution in [0.2, 0.25) is 0 Å². The maximum atomic E-state index is 12.5. The van der Waals surface area contributed by atoms with Gasteiger partial charge in [-0.05, 0) is 79.2 Å². The van der Waals surface area contributed by atoms with Crippen LogP contribution in [0.5, 0.6) is 0 Å². The molecular weight excluding hydrogens is 370 g/mol. The van der Waals surface area contributed by atoms with Gasteiger partial charge in [0.05, 0.1) is 6.10 Å². The number of carbonyl (C=O) groups is 1. The third-order valence-corrected chi connectivity index (χ3v) is 7.45. The van der Waals surface area contributed by atoms with Gasteiger partial charge in [0.1, 0.15) is 0 Å². The van der Waals surface area contributed by atoms with Crippen molar-refractivity contribution in [2.24, 2.45) is 17.3 Å². The lowest BCUT2D eigenvalue weighted by molar-refractivity contribution is 0.0943. The molecule has 4 rings (SSSR count). The van der Waals surface area contributed by atoms with Crippen LogP contribution in [0.4, 0.5) is 0 Å². The zero-order valence-electron chi connectivity index (χ0n) is 18.8. The van der Waals surface area contributed by atoms with E-state index in [1.807, 2.05) is 31.2 Å². The van der Waals surface area contributed by atoms with Crippen molar-refractivity contribution in [3.05, 3.63) is 69.8 Å². The minimum absolute atomic E-state index is 0.0587. The third kappa shape index (κ3) is 3.92. The molecule has 160 valence electrons. The maximum Gasteiger partial charge on any atom is 0.251 e. The smallest absolute Gasteiger partial charge is 0.251 e. The second kappa shape index (κ2) is 8.19. The number of allylic oxidation sites excluding steroid dienone is 4. The Kier molecular flexibility index (Phi) is 5.76. The van der Waals surface area contributed by atoms with Crippen LogP contribution in [0.3, 0.4) is 0 Å². The fourth-order valence-corrected chi connectivity index (χ4v) is 5.73. The van der Waals surface area contributed by atoms with Gasteiger partial charge in [0.25, 0.3) is 5.91 Å². The van der Waals surface area contributed by atoms with Gasteiger partial charge in [-0.3, -0.25) is 4.79 Å². The van der Waals surface area contributed by atoms with Crippen molar-refractivity contribution in [2.75, 3.05) is 6.54 Å². The molecule has 3 aliphatic rings. The predicted octanol–water partition coefficient (Wildman–Crippen LogP) is 5.50. The summed E-state index contributed by atoms with van der Waals surface area (Å²) in [5, 5.41) is 14.1. The van der Waals surface area contributed by atoms with E-state index < -0.39 is 0 Å². The van der Waals surface area contributed by atoms with Crippen LogP contribution >= 0.6 is 0 Å². The zero-order chi connectivity index (χ0) is 21.5. The van der Waals surface area contributed by atoms with Gasteiger partial charge in [-0.2, -0.15) is 0 Å². The highest BCUT2D eigenvalue weighted by atomic mass is 16.3. The Labute approximate surface area is 181 Å². The van der Waals surface area contributed by atoms with E-state index in [0.717, 1.165) is 24.0 Å². The molecule has 0 saturated heterocycles. The Bertz CT molecular complexity index is 936. The highest BCUT2D eigenvalue weighted by Gasteiger charge is 2.45. The van der Waals surface area contributed by atoms with Crippen LogP contribution < -0.4 is 5.32 Å². The second-order valence-electron chi connectivity index (χ2n) is 10.0. The molecule has 0 heterocycles. The fraction of sp³-hybridized carbons (Fsp3) is 0.519. The first-order valence-electron chi connectivity index (χ1n) is 11.4. The summed E-state index contributed by atoms with van der Waals surface area (Å²) in [4.78, 5) is 12.5. The molecule has 0 spiro atoms. The van der Waals surface area contributed by atoms with Crippen molar-refractivity contribution in [3.63, 3.8) is 0 Å². The molecule has 3 nitrogen and oxygen atoms in total. The minimum Gasteiger partial charge on any atom is -0.392 e. The molecule has 1 saturated carbocycles. The number of aliphatic hydroxyl groups excluding tert-OH is 1. The van der Waals surface area contributed by atoms with E-state index in [0.29, 0.717) is 24.4 Å². The Balaban J connectivity index is 1.57.